The fourth-order valence-electron chi connectivity index (χ4n) is 7.17. The van der Waals surface area contributed by atoms with Crippen LogP contribution in [0.4, 0.5) is 30.7 Å². The van der Waals surface area contributed by atoms with Gasteiger partial charge < -0.3 is 15.3 Å². The second-order valence-corrected chi connectivity index (χ2v) is 12.3. The molecule has 3 aliphatic rings. The zero-order valence-electron chi connectivity index (χ0n) is 29.5. The Labute approximate surface area is 252 Å². The van der Waals surface area contributed by atoms with Crippen LogP contribution in [0.2, 0.25) is 0 Å². The molecule has 0 radical (unpaired) electrons. The van der Waals surface area contributed by atoms with Gasteiger partial charge in [-0.05, 0) is 105 Å². The number of alkyl halides is 7. The Hall–Kier alpha value is -1.83. The molecular weight excluding hydrogens is 565 g/mol. The van der Waals surface area contributed by atoms with Gasteiger partial charge in [-0.15, -0.1) is 0 Å². The van der Waals surface area contributed by atoms with Gasteiger partial charge in [0, 0.05) is 21.1 Å². The molecule has 3 fully saturated rings. The maximum Gasteiger partial charge on any atom is 0.438 e. The molecule has 0 aromatic rings. The van der Waals surface area contributed by atoms with Crippen LogP contribution in [-0.4, -0.2) is 51.1 Å². The van der Waals surface area contributed by atoms with Crippen LogP contribution in [-0.2, 0) is 0 Å². The second-order valence-electron chi connectivity index (χ2n) is 12.3. The predicted octanol–water partition coefficient (Wildman–Crippen LogP) is 7.91. The van der Waals surface area contributed by atoms with Gasteiger partial charge in [0.05, 0.1) is 11.7 Å². The Bertz CT molecular complexity index is 1280. The van der Waals surface area contributed by atoms with E-state index in [2.05, 4.69) is 6.58 Å². The van der Waals surface area contributed by atoms with Crippen LogP contribution >= 0.6 is 0 Å². The topological polar surface area (TPSA) is 60.7 Å². The van der Waals surface area contributed by atoms with Crippen molar-refractivity contribution in [1.29, 1.82) is 0 Å². The molecule has 3 N–H and O–H groups in total. The molecule has 6 atom stereocenters. The van der Waals surface area contributed by atoms with E-state index in [0.29, 0.717) is 37.7 Å². The summed E-state index contributed by atoms with van der Waals surface area (Å²) in [7, 11) is 0. The van der Waals surface area contributed by atoms with Gasteiger partial charge in [0.25, 0.3) is 0 Å². The molecule has 3 nitrogen and oxygen atoms in total. The molecule has 238 valence electrons. The van der Waals surface area contributed by atoms with E-state index in [1.165, 1.54) is 0 Å². The van der Waals surface area contributed by atoms with Gasteiger partial charge in [0.2, 0.25) is 0 Å². The van der Waals surface area contributed by atoms with Crippen molar-refractivity contribution in [2.45, 2.75) is 127 Å². The van der Waals surface area contributed by atoms with E-state index in [0.717, 1.165) is 11.5 Å². The SMILES string of the molecule is [2H]C([2H])([2H])C(O)(CCC[C@H](CC#CC(O)(C(F)(F)F)C(F)(F)F)[C@H]1CC[C@H]2/C(=C/C=C3/C[C@@H](O)C[C@H](F)C3=C)CCC[C@]12C)C([2H])([2H])[2H]. The van der Waals surface area contributed by atoms with Gasteiger partial charge in [-0.2, -0.15) is 26.3 Å². The Morgan fingerprint density at radius 2 is 1.79 bits per heavy atom. The van der Waals surface area contributed by atoms with Gasteiger partial charge >= 0.3 is 18.0 Å². The van der Waals surface area contributed by atoms with Crippen LogP contribution in [0.5, 0.6) is 0 Å². The van der Waals surface area contributed by atoms with Crippen molar-refractivity contribution in [1.82, 2.24) is 0 Å². The van der Waals surface area contributed by atoms with Crippen LogP contribution in [0, 0.1) is 35.0 Å². The van der Waals surface area contributed by atoms with Crippen molar-refractivity contribution >= 4 is 0 Å². The predicted molar refractivity (Wildman–Crippen MR) is 147 cm³/mol. The summed E-state index contributed by atoms with van der Waals surface area (Å²) >= 11 is 0. The summed E-state index contributed by atoms with van der Waals surface area (Å²) in [5.41, 5.74) is -7.05. The first kappa shape index (κ1) is 26.6. The average Bonchev–Trinajstić information content (AvgIpc) is 3.28. The number of rotatable bonds is 7. The van der Waals surface area contributed by atoms with Crippen LogP contribution in [0.25, 0.3) is 0 Å². The van der Waals surface area contributed by atoms with Crippen molar-refractivity contribution in [3.63, 3.8) is 0 Å². The Balaban J connectivity index is 1.97. The van der Waals surface area contributed by atoms with Gasteiger partial charge in [0.15, 0.2) is 0 Å². The summed E-state index contributed by atoms with van der Waals surface area (Å²) in [4.78, 5) is 0. The van der Waals surface area contributed by atoms with E-state index in [9.17, 15) is 46.1 Å². The molecule has 3 saturated carbocycles. The lowest BCUT2D eigenvalue weighted by molar-refractivity contribution is -0.343. The minimum absolute atomic E-state index is 0.0428. The van der Waals surface area contributed by atoms with E-state index in [-0.39, 0.29) is 43.1 Å². The quantitative estimate of drug-likeness (QED) is 0.202. The normalized spacial score (nSPS) is 34.8. The zero-order valence-corrected chi connectivity index (χ0v) is 23.5. The number of aliphatic hydroxyl groups is 3. The Kier molecular flexibility index (Phi) is 8.00. The third kappa shape index (κ3) is 7.62. The van der Waals surface area contributed by atoms with Gasteiger partial charge in [-0.3, -0.25) is 0 Å². The summed E-state index contributed by atoms with van der Waals surface area (Å²) in [5.74, 6) is 1.74. The molecule has 0 bridgehead atoms. The van der Waals surface area contributed by atoms with Crippen LogP contribution in [0.15, 0.2) is 35.5 Å². The van der Waals surface area contributed by atoms with Crippen molar-refractivity contribution in [2.75, 3.05) is 0 Å². The van der Waals surface area contributed by atoms with Gasteiger partial charge in [-0.25, -0.2) is 4.39 Å². The third-order valence-corrected chi connectivity index (χ3v) is 9.40. The highest BCUT2D eigenvalue weighted by Crippen LogP contribution is 2.60. The van der Waals surface area contributed by atoms with E-state index in [1.807, 2.05) is 18.9 Å². The Morgan fingerprint density at radius 3 is 2.40 bits per heavy atom. The number of hydrogen-bond donors (Lipinski definition) is 3. The number of allylic oxidation sites excluding steroid dienone is 4. The molecule has 0 aromatic heterocycles. The van der Waals surface area contributed by atoms with E-state index in [4.69, 9.17) is 8.22 Å². The smallest absolute Gasteiger partial charge is 0.393 e. The van der Waals surface area contributed by atoms with Crippen LogP contribution < -0.4 is 0 Å². The minimum atomic E-state index is -6.15. The summed E-state index contributed by atoms with van der Waals surface area (Å²) < 4.78 is 140. The first-order valence-electron chi connectivity index (χ1n) is 17.2. The second kappa shape index (κ2) is 12.6. The first-order valence-corrected chi connectivity index (χ1v) is 14.2. The van der Waals surface area contributed by atoms with Crippen molar-refractivity contribution in [2.24, 2.45) is 23.2 Å². The largest absolute Gasteiger partial charge is 0.438 e. The number of aliphatic hydroxyl groups excluding tert-OH is 1. The highest BCUT2D eigenvalue weighted by atomic mass is 19.4. The lowest BCUT2D eigenvalue weighted by Gasteiger charge is -2.45. The van der Waals surface area contributed by atoms with Crippen LogP contribution in [0.1, 0.15) is 99.5 Å². The fourth-order valence-corrected chi connectivity index (χ4v) is 7.17. The first-order chi connectivity index (χ1) is 21.7. The number of fused-ring (bicyclic) bond motifs is 1. The molecule has 0 heterocycles. The highest BCUT2D eigenvalue weighted by molar-refractivity contribution is 5.39. The van der Waals surface area contributed by atoms with Gasteiger partial charge in [-0.1, -0.05) is 43.6 Å². The molecule has 0 spiro atoms. The highest BCUT2D eigenvalue weighted by Gasteiger charge is 2.70. The molecule has 3 rings (SSSR count). The molecule has 3 aliphatic carbocycles. The van der Waals surface area contributed by atoms with Crippen molar-refractivity contribution in [3.8, 4) is 11.8 Å². The summed E-state index contributed by atoms with van der Waals surface area (Å²) in [5, 5.41) is 30.3. The monoisotopic (exact) mass is 614 g/mol. The van der Waals surface area contributed by atoms with E-state index < -0.39 is 73.7 Å². The fraction of sp³-hybridized carbons (Fsp3) is 0.750. The molecule has 0 aliphatic heterocycles. The molecule has 0 saturated heterocycles. The third-order valence-electron chi connectivity index (χ3n) is 9.40. The maximum absolute atomic E-state index is 14.3. The van der Waals surface area contributed by atoms with Crippen molar-refractivity contribution in [3.05, 3.63) is 35.5 Å². The van der Waals surface area contributed by atoms with Crippen molar-refractivity contribution < 1.29 is 54.3 Å². The lowest BCUT2D eigenvalue weighted by atomic mass is 9.60. The summed E-state index contributed by atoms with van der Waals surface area (Å²) in [6.07, 6.45) is -9.24. The number of halogens is 7. The molecule has 0 amide bonds. The molecule has 42 heavy (non-hydrogen) atoms. The maximum atomic E-state index is 14.3. The molecule has 0 unspecified atom stereocenters. The minimum Gasteiger partial charge on any atom is -0.393 e. The van der Waals surface area contributed by atoms with E-state index >= 15 is 0 Å². The molecular formula is C32H43F7O3. The summed E-state index contributed by atoms with van der Waals surface area (Å²) in [6, 6.07) is 0. The van der Waals surface area contributed by atoms with Crippen LogP contribution in [0.3, 0.4) is 0 Å². The van der Waals surface area contributed by atoms with Gasteiger partial charge in [0.1, 0.15) is 6.17 Å². The zero-order chi connectivity index (χ0) is 36.7. The average molecular weight is 615 g/mol. The number of hydrogen-bond acceptors (Lipinski definition) is 3. The summed E-state index contributed by atoms with van der Waals surface area (Å²) in [6.45, 7) is -0.868. The standard InChI is InChI=1S/C32H43F7O3/c1-20-23(18-24(40)19-27(20)33)12-11-22-9-6-16-29(4)25(13-14-26(22)29)21(8-5-15-28(2,3)41)10-7-17-30(42,31(34,35)36)32(37,38)39/h11-12,21,24-27,40-42H,1,5-6,8-10,13-16,18-19H2,2-4H3/b22-11+,23-12-/t21-,24-,25-,26+,27+,29-/m1/s1/i2D3,3D3. The van der Waals surface area contributed by atoms with E-state index in [1.54, 1.807) is 6.08 Å². The Morgan fingerprint density at radius 1 is 1.12 bits per heavy atom. The molecule has 10 heteroatoms. The lowest BCUT2D eigenvalue weighted by Crippen LogP contribution is -2.55. The molecule has 0 aromatic carbocycles.